The van der Waals surface area contributed by atoms with Crippen molar-refractivity contribution in [1.82, 2.24) is 0 Å². The van der Waals surface area contributed by atoms with Crippen molar-refractivity contribution in [2.45, 2.75) is 6.42 Å². The second kappa shape index (κ2) is 6.58. The molecule has 1 nitrogen and oxygen atoms in total. The predicted molar refractivity (Wildman–Crippen MR) is 55.4 cm³/mol. The van der Waals surface area contributed by atoms with Crippen molar-refractivity contribution in [2.24, 2.45) is 0 Å². The number of ether oxygens (including phenoxy) is 1. The molecule has 64 valence electrons. The Kier molecular flexibility index (Phi) is 6.62. The minimum absolute atomic E-state index is 0. The molecule has 0 heterocycles. The van der Waals surface area contributed by atoms with E-state index in [1.54, 1.807) is 7.11 Å². The van der Waals surface area contributed by atoms with Crippen LogP contribution >= 0.6 is 11.6 Å². The Labute approximate surface area is 97.2 Å². The van der Waals surface area contributed by atoms with E-state index in [4.69, 9.17) is 16.3 Å². The van der Waals surface area contributed by atoms with Gasteiger partial charge >= 0.3 is 23.1 Å². The first-order valence-electron chi connectivity index (χ1n) is 3.55. The predicted octanol–water partition coefficient (Wildman–Crippen LogP) is 2.32. The molecule has 0 amide bonds. The second-order valence-electron chi connectivity index (χ2n) is 2.29. The number of alkyl halides is 1. The van der Waals surface area contributed by atoms with Crippen LogP contribution < -0.4 is 4.74 Å². The van der Waals surface area contributed by atoms with E-state index in [1.165, 1.54) is 5.56 Å². The molecule has 0 aromatic heterocycles. The fraction of sp³-hybridized carbons (Fsp3) is 0.333. The summed E-state index contributed by atoms with van der Waals surface area (Å²) in [5.74, 6) is 1.56. The van der Waals surface area contributed by atoms with Crippen LogP contribution in [0.15, 0.2) is 24.3 Å². The van der Waals surface area contributed by atoms with Gasteiger partial charge in [-0.1, -0.05) is 12.1 Å². The summed E-state index contributed by atoms with van der Waals surface area (Å²) in [6, 6.07) is 7.95. The smallest absolute Gasteiger partial charge is 1.00 e. The van der Waals surface area contributed by atoms with Gasteiger partial charge in [0.25, 0.3) is 0 Å². The zero-order valence-corrected chi connectivity index (χ0v) is 9.39. The van der Waals surface area contributed by atoms with Crippen molar-refractivity contribution >= 4 is 34.7 Å². The van der Waals surface area contributed by atoms with Crippen LogP contribution in [0.1, 0.15) is 8.42 Å². The molecule has 0 aliphatic heterocycles. The van der Waals surface area contributed by atoms with E-state index in [-0.39, 0.29) is 25.9 Å². The summed E-state index contributed by atoms with van der Waals surface area (Å²) in [5.41, 5.74) is 1.25. The van der Waals surface area contributed by atoms with E-state index >= 15 is 0 Å². The topological polar surface area (TPSA) is 9.23 Å². The number of aryl methyl sites for hydroxylation is 1. The fourth-order valence-corrected chi connectivity index (χ4v) is 1.12. The molecule has 0 bridgehead atoms. The molecule has 0 radical (unpaired) electrons. The van der Waals surface area contributed by atoms with Gasteiger partial charge in [0.05, 0.1) is 7.11 Å². The molecule has 0 N–H and O–H groups in total. The first kappa shape index (κ1) is 12.1. The Bertz CT molecular complexity index is 219. The normalized spacial score (nSPS) is 8.83. The van der Waals surface area contributed by atoms with Crippen LogP contribution in [0.5, 0.6) is 5.75 Å². The van der Waals surface area contributed by atoms with Gasteiger partial charge in [0.15, 0.2) is 0 Å². The van der Waals surface area contributed by atoms with Crippen molar-refractivity contribution in [3.8, 4) is 5.75 Å². The molecule has 3 heteroatoms. The first-order valence-corrected chi connectivity index (χ1v) is 4.09. The zero-order chi connectivity index (χ0) is 8.10. The second-order valence-corrected chi connectivity index (χ2v) is 2.67. The van der Waals surface area contributed by atoms with E-state index in [0.29, 0.717) is 5.88 Å². The first-order chi connectivity index (χ1) is 5.36. The molecule has 0 aliphatic rings. The van der Waals surface area contributed by atoms with E-state index in [9.17, 15) is 0 Å². The van der Waals surface area contributed by atoms with E-state index in [1.807, 2.05) is 24.3 Å². The van der Waals surface area contributed by atoms with Crippen LogP contribution in [-0.2, 0) is 6.42 Å². The summed E-state index contributed by atoms with van der Waals surface area (Å²) in [5, 5.41) is 0. The van der Waals surface area contributed by atoms with Gasteiger partial charge in [-0.25, -0.2) is 0 Å². The SMILES string of the molecule is COc1ccc(CCCl)cc1.[H-].[H-].[Mg+2]. The largest absolute Gasteiger partial charge is 2.00 e. The number of benzene rings is 1. The van der Waals surface area contributed by atoms with Crippen molar-refractivity contribution < 1.29 is 7.59 Å². The van der Waals surface area contributed by atoms with Crippen LogP contribution in [0.3, 0.4) is 0 Å². The van der Waals surface area contributed by atoms with Gasteiger partial charge in [-0.15, -0.1) is 11.6 Å². The molecule has 0 unspecified atom stereocenters. The summed E-state index contributed by atoms with van der Waals surface area (Å²) < 4.78 is 5.01. The summed E-state index contributed by atoms with van der Waals surface area (Å²) in [6.07, 6.45) is 0.922. The van der Waals surface area contributed by atoms with Gasteiger partial charge in [-0.05, 0) is 24.1 Å². The third-order valence-electron chi connectivity index (χ3n) is 1.54. The van der Waals surface area contributed by atoms with E-state index in [2.05, 4.69) is 0 Å². The van der Waals surface area contributed by atoms with Gasteiger partial charge in [0.1, 0.15) is 5.75 Å². The molecule has 0 saturated carbocycles. The average molecular weight is 197 g/mol. The number of methoxy groups -OCH3 is 1. The molecule has 0 aliphatic carbocycles. The van der Waals surface area contributed by atoms with Gasteiger partial charge < -0.3 is 7.59 Å². The van der Waals surface area contributed by atoms with Crippen molar-refractivity contribution in [1.29, 1.82) is 0 Å². The molecule has 0 saturated heterocycles. The quantitative estimate of drug-likeness (QED) is 0.533. The fourth-order valence-electron chi connectivity index (χ4n) is 0.901. The van der Waals surface area contributed by atoms with Crippen LogP contribution in [0.2, 0.25) is 0 Å². The average Bonchev–Trinajstić information content (AvgIpc) is 2.07. The van der Waals surface area contributed by atoms with Crippen LogP contribution in [-0.4, -0.2) is 36.0 Å². The van der Waals surface area contributed by atoms with Crippen LogP contribution in [0.25, 0.3) is 0 Å². The number of rotatable bonds is 3. The molecule has 1 rings (SSSR count). The standard InChI is InChI=1S/C9H11ClO.Mg.2H/c1-11-9-4-2-8(3-5-9)6-7-10;;;/h2-5H,6-7H2,1H3;;;/q;+2;2*-1. The molecule has 1 aromatic carbocycles. The van der Waals surface area contributed by atoms with Crippen molar-refractivity contribution in [3.63, 3.8) is 0 Å². The third kappa shape index (κ3) is 3.65. The number of hydrogen-bond acceptors (Lipinski definition) is 1. The minimum atomic E-state index is 0. The Morgan fingerprint density at radius 1 is 1.33 bits per heavy atom. The summed E-state index contributed by atoms with van der Waals surface area (Å²) in [6.45, 7) is 0. The molecular weight excluding hydrogens is 184 g/mol. The number of hydrogen-bond donors (Lipinski definition) is 0. The van der Waals surface area contributed by atoms with Crippen molar-refractivity contribution in [2.75, 3.05) is 13.0 Å². The summed E-state index contributed by atoms with van der Waals surface area (Å²) in [4.78, 5) is 0. The molecular formula is C9H13ClMgO. The zero-order valence-electron chi connectivity index (χ0n) is 9.22. The van der Waals surface area contributed by atoms with E-state index in [0.717, 1.165) is 12.2 Å². The number of halogens is 1. The monoisotopic (exact) mass is 196 g/mol. The summed E-state index contributed by atoms with van der Waals surface area (Å²) in [7, 11) is 1.66. The van der Waals surface area contributed by atoms with E-state index < -0.39 is 0 Å². The Balaban J connectivity index is -0.000000403. The van der Waals surface area contributed by atoms with Gasteiger partial charge in [0, 0.05) is 5.88 Å². The van der Waals surface area contributed by atoms with Crippen LogP contribution in [0.4, 0.5) is 0 Å². The third-order valence-corrected chi connectivity index (χ3v) is 1.73. The minimum Gasteiger partial charge on any atom is -1.00 e. The Morgan fingerprint density at radius 3 is 2.33 bits per heavy atom. The molecule has 0 fully saturated rings. The van der Waals surface area contributed by atoms with Gasteiger partial charge in [0.2, 0.25) is 0 Å². The van der Waals surface area contributed by atoms with Gasteiger partial charge in [-0.2, -0.15) is 0 Å². The Hall–Kier alpha value is 0.0762. The maximum absolute atomic E-state index is 5.58. The van der Waals surface area contributed by atoms with Gasteiger partial charge in [-0.3, -0.25) is 0 Å². The van der Waals surface area contributed by atoms with Crippen molar-refractivity contribution in [3.05, 3.63) is 29.8 Å². The molecule has 0 spiro atoms. The maximum atomic E-state index is 5.58. The van der Waals surface area contributed by atoms with Crippen LogP contribution in [0, 0.1) is 0 Å². The summed E-state index contributed by atoms with van der Waals surface area (Å²) >= 11 is 5.58. The Morgan fingerprint density at radius 2 is 1.92 bits per heavy atom. The molecule has 1 aromatic rings. The molecule has 12 heavy (non-hydrogen) atoms. The molecule has 0 atom stereocenters. The maximum Gasteiger partial charge on any atom is 2.00 e.